The van der Waals surface area contributed by atoms with E-state index in [9.17, 15) is 28.9 Å². The third-order valence-corrected chi connectivity index (χ3v) is 12.3. The summed E-state index contributed by atoms with van der Waals surface area (Å²) >= 11 is 3.38. The highest BCUT2D eigenvalue weighted by molar-refractivity contribution is 9.10. The summed E-state index contributed by atoms with van der Waals surface area (Å²) in [5.41, 5.74) is -1.36. The number of methoxy groups -OCH3 is 2. The molecule has 0 aliphatic heterocycles. The van der Waals surface area contributed by atoms with Crippen LogP contribution in [0.5, 0.6) is 5.75 Å². The molecule has 248 valence electrons. The molecular formula is C30H41BrFN3O9Si. The lowest BCUT2D eigenvalue weighted by molar-refractivity contribution is -0.387. The van der Waals surface area contributed by atoms with Gasteiger partial charge in [-0.05, 0) is 84.2 Å². The van der Waals surface area contributed by atoms with Crippen LogP contribution in [0.1, 0.15) is 64.8 Å². The number of halogens is 2. The average molecular weight is 715 g/mol. The summed E-state index contributed by atoms with van der Waals surface area (Å²) < 4.78 is 37.1. The van der Waals surface area contributed by atoms with E-state index >= 15 is 0 Å². The molecule has 0 fully saturated rings. The minimum absolute atomic E-state index is 0.0625. The zero-order valence-corrected chi connectivity index (χ0v) is 29.7. The van der Waals surface area contributed by atoms with Crippen molar-refractivity contribution in [2.75, 3.05) is 14.2 Å². The van der Waals surface area contributed by atoms with E-state index in [1.165, 1.54) is 13.2 Å². The number of hydrogen-bond donors (Lipinski definition) is 2. The number of ether oxygens (including phenoxy) is 3. The van der Waals surface area contributed by atoms with Crippen molar-refractivity contribution in [1.29, 1.82) is 0 Å². The molecule has 2 N–H and O–H groups in total. The number of rotatable bonds is 11. The predicted octanol–water partition coefficient (Wildman–Crippen LogP) is 6.49. The molecule has 2 amide bonds. The van der Waals surface area contributed by atoms with E-state index in [-0.39, 0.29) is 5.56 Å². The number of nitro groups is 1. The molecule has 2 aromatic rings. The Morgan fingerprint density at radius 3 is 2.07 bits per heavy atom. The molecule has 2 aromatic carbocycles. The van der Waals surface area contributed by atoms with E-state index in [1.807, 2.05) is 33.9 Å². The zero-order chi connectivity index (χ0) is 34.5. The highest BCUT2D eigenvalue weighted by Crippen LogP contribution is 2.41. The Balaban J connectivity index is 2.71. The first kappa shape index (κ1) is 37.6. The monoisotopic (exact) mass is 713 g/mol. The Hall–Kier alpha value is -3.56. The highest BCUT2D eigenvalue weighted by Gasteiger charge is 2.44. The van der Waals surface area contributed by atoms with Crippen molar-refractivity contribution < 1.29 is 42.3 Å². The summed E-state index contributed by atoms with van der Waals surface area (Å²) in [6.07, 6.45) is -2.25. The minimum atomic E-state index is -2.78. The Morgan fingerprint density at radius 1 is 0.978 bits per heavy atom. The molecule has 0 heterocycles. The van der Waals surface area contributed by atoms with Gasteiger partial charge in [-0.2, -0.15) is 4.39 Å². The number of nitrogens with zero attached hydrogens (tertiary/aromatic N) is 1. The van der Waals surface area contributed by atoms with Gasteiger partial charge in [-0.15, -0.1) is 0 Å². The number of carbonyl (C=O) groups is 3. The van der Waals surface area contributed by atoms with Gasteiger partial charge in [0.25, 0.3) is 0 Å². The molecule has 12 nitrogen and oxygen atoms in total. The van der Waals surface area contributed by atoms with Gasteiger partial charge in [-0.1, -0.05) is 32.9 Å². The van der Waals surface area contributed by atoms with E-state index in [4.69, 9.17) is 18.6 Å². The van der Waals surface area contributed by atoms with Gasteiger partial charge in [0.2, 0.25) is 11.7 Å². The van der Waals surface area contributed by atoms with Gasteiger partial charge in [0.05, 0.1) is 23.6 Å². The maximum Gasteiger partial charge on any atom is 0.408 e. The van der Waals surface area contributed by atoms with Gasteiger partial charge in [0.15, 0.2) is 14.4 Å². The topological polar surface area (TPSA) is 155 Å². The lowest BCUT2D eigenvalue weighted by Gasteiger charge is -2.41. The first-order chi connectivity index (χ1) is 20.6. The minimum Gasteiger partial charge on any atom is -0.496 e. The van der Waals surface area contributed by atoms with Gasteiger partial charge < -0.3 is 29.3 Å². The Bertz CT molecular complexity index is 1430. The van der Waals surface area contributed by atoms with Crippen LogP contribution in [0, 0.1) is 15.9 Å². The summed E-state index contributed by atoms with van der Waals surface area (Å²) in [6, 6.07) is 4.82. The van der Waals surface area contributed by atoms with Crippen LogP contribution in [0.15, 0.2) is 40.9 Å². The van der Waals surface area contributed by atoms with Crippen LogP contribution in [-0.4, -0.2) is 57.1 Å². The van der Waals surface area contributed by atoms with Gasteiger partial charge in [0.1, 0.15) is 23.5 Å². The van der Waals surface area contributed by atoms with Crippen molar-refractivity contribution in [3.8, 4) is 5.75 Å². The van der Waals surface area contributed by atoms with Crippen LogP contribution >= 0.6 is 15.9 Å². The van der Waals surface area contributed by atoms with Crippen LogP contribution in [0.3, 0.4) is 0 Å². The van der Waals surface area contributed by atoms with Gasteiger partial charge in [-0.25, -0.2) is 9.59 Å². The van der Waals surface area contributed by atoms with Crippen molar-refractivity contribution in [3.63, 3.8) is 0 Å². The Morgan fingerprint density at radius 2 is 1.58 bits per heavy atom. The van der Waals surface area contributed by atoms with Crippen LogP contribution in [-0.2, 0) is 23.5 Å². The van der Waals surface area contributed by atoms with Crippen molar-refractivity contribution in [2.45, 2.75) is 83.5 Å². The van der Waals surface area contributed by atoms with E-state index in [1.54, 1.807) is 39.0 Å². The molecule has 0 radical (unpaired) electrons. The Labute approximate surface area is 271 Å². The number of nitrogens with one attached hydrogen (secondary N) is 2. The molecule has 15 heteroatoms. The van der Waals surface area contributed by atoms with Crippen molar-refractivity contribution in [2.24, 2.45) is 0 Å². The second-order valence-electron chi connectivity index (χ2n) is 12.7. The highest BCUT2D eigenvalue weighted by atomic mass is 79.9. The number of carbonyl (C=O) groups excluding carboxylic acids is 3. The second-order valence-corrected chi connectivity index (χ2v) is 18.4. The molecule has 0 saturated heterocycles. The molecule has 0 aliphatic rings. The summed E-state index contributed by atoms with van der Waals surface area (Å²) in [7, 11) is -0.205. The fourth-order valence-electron chi connectivity index (χ4n) is 3.88. The Kier molecular flexibility index (Phi) is 12.3. The van der Waals surface area contributed by atoms with E-state index in [0.717, 1.165) is 19.2 Å². The third kappa shape index (κ3) is 9.96. The van der Waals surface area contributed by atoms with Gasteiger partial charge in [-0.3, -0.25) is 14.9 Å². The van der Waals surface area contributed by atoms with E-state index in [2.05, 4.69) is 26.6 Å². The van der Waals surface area contributed by atoms with Crippen LogP contribution in [0.25, 0.3) is 0 Å². The maximum absolute atomic E-state index is 14.4. The number of nitro benzene ring substituents is 1. The fourth-order valence-corrected chi connectivity index (χ4v) is 5.70. The molecule has 0 bridgehead atoms. The average Bonchev–Trinajstić information content (AvgIpc) is 2.91. The molecule has 0 aliphatic carbocycles. The van der Waals surface area contributed by atoms with Crippen LogP contribution in [0.2, 0.25) is 18.1 Å². The lowest BCUT2D eigenvalue weighted by atomic mass is 10.00. The summed E-state index contributed by atoms with van der Waals surface area (Å²) in [6.45, 7) is 14.6. The molecule has 0 unspecified atom stereocenters. The van der Waals surface area contributed by atoms with E-state index in [0.29, 0.717) is 15.8 Å². The van der Waals surface area contributed by atoms with Crippen molar-refractivity contribution >= 4 is 47.9 Å². The predicted molar refractivity (Wildman–Crippen MR) is 171 cm³/mol. The largest absolute Gasteiger partial charge is 0.496 e. The number of hydrogen-bond acceptors (Lipinski definition) is 9. The molecule has 0 saturated carbocycles. The molecule has 45 heavy (non-hydrogen) atoms. The second kappa shape index (κ2) is 14.7. The molecule has 2 rings (SSSR count). The molecule has 0 spiro atoms. The first-order valence-electron chi connectivity index (χ1n) is 13.9. The quantitative estimate of drug-likeness (QED) is 0.115. The summed E-state index contributed by atoms with van der Waals surface area (Å²) in [5.74, 6) is -2.41. The van der Waals surface area contributed by atoms with Crippen molar-refractivity contribution in [1.82, 2.24) is 10.6 Å². The number of alkyl carbamates (subject to hydrolysis) is 1. The van der Waals surface area contributed by atoms with Crippen molar-refractivity contribution in [3.05, 3.63) is 67.9 Å². The van der Waals surface area contributed by atoms with E-state index < -0.39 is 71.5 Å². The van der Waals surface area contributed by atoms with Crippen LogP contribution < -0.4 is 15.4 Å². The number of benzene rings is 2. The number of amides is 2. The summed E-state index contributed by atoms with van der Waals surface area (Å²) in [5, 5.41) is 16.4. The fraction of sp³-hybridized carbons (Fsp3) is 0.500. The van der Waals surface area contributed by atoms with Crippen LogP contribution in [0.4, 0.5) is 14.9 Å². The summed E-state index contributed by atoms with van der Waals surface area (Å²) in [4.78, 5) is 50.9. The first-order valence-corrected chi connectivity index (χ1v) is 17.6. The molecular weight excluding hydrogens is 673 g/mol. The third-order valence-electron chi connectivity index (χ3n) is 7.21. The normalized spacial score (nSPS) is 14.0. The molecule has 0 aromatic heterocycles. The van der Waals surface area contributed by atoms with Gasteiger partial charge >= 0.3 is 17.7 Å². The lowest BCUT2D eigenvalue weighted by Crippen LogP contribution is -2.53. The standard InChI is InChI=1S/C30H41BrFN3O9Si/c1-29(2,3)43-28(38)34-23(17-12-14-22(41-7)19(31)15-17)26(36)33-24(27(37)42-8)25(44-45(9,10)30(4,5)6)18-11-13-20(32)21(16-18)35(39)40/h11-16,23-25H,1-10H3,(H,33,36)(H,34,38)/t23-,24+,25-/m1/s1. The zero-order valence-electron chi connectivity index (χ0n) is 27.1. The smallest absolute Gasteiger partial charge is 0.408 e. The maximum atomic E-state index is 14.4. The molecule has 3 atom stereocenters. The SMILES string of the molecule is COC(=O)[C@@H](NC(=O)[C@H](NC(=O)OC(C)(C)C)c1ccc(OC)c(Br)c1)[C@H](O[Si](C)(C)C(C)(C)C)c1ccc(F)c([N+](=O)[O-])c1. The van der Waals surface area contributed by atoms with Gasteiger partial charge in [0, 0.05) is 6.07 Å². The number of esters is 1.